The van der Waals surface area contributed by atoms with E-state index in [2.05, 4.69) is 0 Å². The largest absolute Gasteiger partial charge is 0.406 e. The molecule has 1 aliphatic heterocycles. The number of nitrogens with zero attached hydrogens (tertiary/aromatic N) is 1. The minimum Gasteiger partial charge on any atom is -0.333 e. The van der Waals surface area contributed by atoms with E-state index in [4.69, 9.17) is 0 Å². The molecule has 4 nitrogen and oxygen atoms in total. The van der Waals surface area contributed by atoms with Gasteiger partial charge in [0.1, 0.15) is 6.54 Å². The lowest BCUT2D eigenvalue weighted by Gasteiger charge is -2.32. The van der Waals surface area contributed by atoms with Crippen LogP contribution in [0.1, 0.15) is 27.2 Å². The van der Waals surface area contributed by atoms with Gasteiger partial charge in [0.15, 0.2) is 9.84 Å². The number of carbonyl (C=O) groups excluding carboxylic acids is 1. The first kappa shape index (κ1) is 17.3. The number of amides is 1. The average molecular weight is 315 g/mol. The van der Waals surface area contributed by atoms with Gasteiger partial charge in [-0.3, -0.25) is 4.79 Å². The van der Waals surface area contributed by atoms with E-state index >= 15 is 0 Å². The van der Waals surface area contributed by atoms with Crippen LogP contribution in [0.5, 0.6) is 0 Å². The van der Waals surface area contributed by atoms with Crippen molar-refractivity contribution in [1.29, 1.82) is 0 Å². The number of hydrogen-bond donors (Lipinski definition) is 0. The highest BCUT2D eigenvalue weighted by atomic mass is 32.2. The molecule has 1 unspecified atom stereocenters. The van der Waals surface area contributed by atoms with E-state index in [0.29, 0.717) is 0 Å². The molecular weight excluding hydrogens is 295 g/mol. The van der Waals surface area contributed by atoms with Crippen LogP contribution in [-0.2, 0) is 14.6 Å². The molecule has 1 aliphatic rings. The Hall–Kier alpha value is -0.790. The number of carbonyl (C=O) groups is 1. The van der Waals surface area contributed by atoms with E-state index in [9.17, 15) is 26.4 Å². The molecule has 0 bridgehead atoms. The number of hydrogen-bond acceptors (Lipinski definition) is 3. The zero-order valence-electron chi connectivity index (χ0n) is 11.8. The number of halogens is 3. The standard InChI is InChI=1S/C12H20F3NO3S/c1-11(2,3)7-16(8-12(13,14)15)10(17)9-4-5-20(18,19)6-9/h9H,4-8H2,1-3H3. The molecule has 0 aliphatic carbocycles. The van der Waals surface area contributed by atoms with Crippen LogP contribution in [0.25, 0.3) is 0 Å². The second-order valence-corrected chi connectivity index (χ2v) is 8.70. The summed E-state index contributed by atoms with van der Waals surface area (Å²) in [5.74, 6) is -2.02. The Morgan fingerprint density at radius 3 is 2.10 bits per heavy atom. The highest BCUT2D eigenvalue weighted by Gasteiger charge is 2.40. The molecule has 20 heavy (non-hydrogen) atoms. The molecule has 8 heteroatoms. The fourth-order valence-electron chi connectivity index (χ4n) is 2.25. The molecule has 0 aromatic heterocycles. The smallest absolute Gasteiger partial charge is 0.333 e. The molecule has 1 amide bonds. The van der Waals surface area contributed by atoms with Crippen LogP contribution in [0, 0.1) is 11.3 Å². The molecule has 0 radical (unpaired) electrons. The van der Waals surface area contributed by atoms with Crippen molar-refractivity contribution in [3.05, 3.63) is 0 Å². The third-order valence-corrected chi connectivity index (χ3v) is 4.70. The van der Waals surface area contributed by atoms with Crippen LogP contribution in [-0.4, -0.2) is 50.0 Å². The monoisotopic (exact) mass is 315 g/mol. The number of sulfone groups is 1. The topological polar surface area (TPSA) is 54.5 Å². The minimum atomic E-state index is -4.49. The number of alkyl halides is 3. The zero-order valence-corrected chi connectivity index (χ0v) is 12.6. The SMILES string of the molecule is CC(C)(C)CN(CC(F)(F)F)C(=O)C1CCS(=O)(=O)C1. The van der Waals surface area contributed by atoms with Crippen LogP contribution in [0.3, 0.4) is 0 Å². The lowest BCUT2D eigenvalue weighted by Crippen LogP contribution is -2.46. The molecule has 0 aromatic rings. The second-order valence-electron chi connectivity index (χ2n) is 6.47. The molecule has 1 fully saturated rings. The summed E-state index contributed by atoms with van der Waals surface area (Å²) in [4.78, 5) is 12.9. The van der Waals surface area contributed by atoms with Crippen molar-refractivity contribution in [3.8, 4) is 0 Å². The maximum atomic E-state index is 12.6. The van der Waals surface area contributed by atoms with Gasteiger partial charge < -0.3 is 4.90 Å². The van der Waals surface area contributed by atoms with Crippen molar-refractivity contribution >= 4 is 15.7 Å². The van der Waals surface area contributed by atoms with Gasteiger partial charge in [-0.2, -0.15) is 13.2 Å². The van der Waals surface area contributed by atoms with Crippen LogP contribution in [0.2, 0.25) is 0 Å². The van der Waals surface area contributed by atoms with Crippen molar-refractivity contribution < 1.29 is 26.4 Å². The number of rotatable bonds is 3. The molecule has 1 heterocycles. The van der Waals surface area contributed by atoms with Gasteiger partial charge in [-0.25, -0.2) is 8.42 Å². The van der Waals surface area contributed by atoms with Gasteiger partial charge in [0, 0.05) is 6.54 Å². The first-order valence-electron chi connectivity index (χ1n) is 6.35. The summed E-state index contributed by atoms with van der Waals surface area (Å²) in [6.45, 7) is 3.81. The van der Waals surface area contributed by atoms with Crippen LogP contribution < -0.4 is 0 Å². The summed E-state index contributed by atoms with van der Waals surface area (Å²) >= 11 is 0. The Balaban J connectivity index is 2.85. The van der Waals surface area contributed by atoms with Gasteiger partial charge in [-0.05, 0) is 11.8 Å². The second kappa shape index (κ2) is 5.54. The summed E-state index contributed by atoms with van der Waals surface area (Å²) in [7, 11) is -3.29. The molecule has 1 atom stereocenters. The Kier molecular flexibility index (Phi) is 4.78. The van der Waals surface area contributed by atoms with E-state index in [1.807, 2.05) is 0 Å². The highest BCUT2D eigenvalue weighted by molar-refractivity contribution is 7.91. The average Bonchev–Trinajstić information content (AvgIpc) is 2.52. The van der Waals surface area contributed by atoms with E-state index in [-0.39, 0.29) is 24.5 Å². The van der Waals surface area contributed by atoms with E-state index in [0.717, 1.165) is 4.90 Å². The quantitative estimate of drug-likeness (QED) is 0.799. The molecule has 0 aromatic carbocycles. The lowest BCUT2D eigenvalue weighted by atomic mass is 9.95. The molecule has 1 saturated heterocycles. The van der Waals surface area contributed by atoms with Crippen molar-refractivity contribution in [2.24, 2.45) is 11.3 Å². The fourth-order valence-corrected chi connectivity index (χ4v) is 3.98. The third kappa shape index (κ3) is 5.68. The fraction of sp³-hybridized carbons (Fsp3) is 0.917. The lowest BCUT2D eigenvalue weighted by molar-refractivity contribution is -0.165. The first-order valence-corrected chi connectivity index (χ1v) is 8.17. The van der Waals surface area contributed by atoms with Crippen LogP contribution >= 0.6 is 0 Å². The Bertz CT molecular complexity index is 449. The highest BCUT2D eigenvalue weighted by Crippen LogP contribution is 2.26. The maximum absolute atomic E-state index is 12.6. The summed E-state index contributed by atoms with van der Waals surface area (Å²) in [5.41, 5.74) is -0.488. The van der Waals surface area contributed by atoms with Crippen molar-refractivity contribution in [1.82, 2.24) is 4.90 Å². The molecule has 0 spiro atoms. The predicted molar refractivity (Wildman–Crippen MR) is 68.9 cm³/mol. The van der Waals surface area contributed by atoms with E-state index in [1.54, 1.807) is 20.8 Å². The van der Waals surface area contributed by atoms with E-state index < -0.39 is 39.8 Å². The van der Waals surface area contributed by atoms with E-state index in [1.165, 1.54) is 0 Å². The molecular formula is C12H20F3NO3S. The Morgan fingerprint density at radius 2 is 1.75 bits per heavy atom. The van der Waals surface area contributed by atoms with Gasteiger partial charge in [-0.15, -0.1) is 0 Å². The molecule has 118 valence electrons. The molecule has 0 N–H and O–H groups in total. The zero-order chi connectivity index (χ0) is 15.8. The van der Waals surface area contributed by atoms with Gasteiger partial charge in [0.25, 0.3) is 0 Å². The van der Waals surface area contributed by atoms with Crippen molar-refractivity contribution in [2.75, 3.05) is 24.6 Å². The summed E-state index contributed by atoms with van der Waals surface area (Å²) in [5, 5.41) is 0. The Labute approximate surface area is 117 Å². The summed E-state index contributed by atoms with van der Waals surface area (Å²) < 4.78 is 60.4. The van der Waals surface area contributed by atoms with Gasteiger partial charge in [0.05, 0.1) is 17.4 Å². The first-order chi connectivity index (χ1) is 8.79. The van der Waals surface area contributed by atoms with Crippen molar-refractivity contribution in [3.63, 3.8) is 0 Å². The van der Waals surface area contributed by atoms with Gasteiger partial charge in [-0.1, -0.05) is 20.8 Å². The molecule has 1 rings (SSSR count). The van der Waals surface area contributed by atoms with Crippen LogP contribution in [0.15, 0.2) is 0 Å². The van der Waals surface area contributed by atoms with Gasteiger partial charge >= 0.3 is 6.18 Å². The predicted octanol–water partition coefficient (Wildman–Crippen LogP) is 1.86. The summed E-state index contributed by atoms with van der Waals surface area (Å²) in [6.07, 6.45) is -4.38. The Morgan fingerprint density at radius 1 is 1.20 bits per heavy atom. The summed E-state index contributed by atoms with van der Waals surface area (Å²) in [6, 6.07) is 0. The normalized spacial score (nSPS) is 22.8. The maximum Gasteiger partial charge on any atom is 0.406 e. The minimum absolute atomic E-state index is 0.0537. The van der Waals surface area contributed by atoms with Crippen LogP contribution in [0.4, 0.5) is 13.2 Å². The van der Waals surface area contributed by atoms with Crippen molar-refractivity contribution in [2.45, 2.75) is 33.4 Å². The third-order valence-electron chi connectivity index (χ3n) is 2.93. The van der Waals surface area contributed by atoms with Gasteiger partial charge in [0.2, 0.25) is 5.91 Å². The molecule has 0 saturated carbocycles.